The van der Waals surface area contributed by atoms with Gasteiger partial charge in [0.15, 0.2) is 0 Å². The Labute approximate surface area is 143 Å². The number of hydrogen-bond acceptors (Lipinski definition) is 6. The number of nitro groups is 1. The van der Waals surface area contributed by atoms with Crippen LogP contribution in [0.4, 0.5) is 11.4 Å². The minimum absolute atomic E-state index is 0.0542. The number of carbonyl (C=O) groups is 1. The second kappa shape index (κ2) is 7.82. The van der Waals surface area contributed by atoms with E-state index < -0.39 is 10.8 Å². The molecule has 0 aromatic heterocycles. The Balaban J connectivity index is 2.19. The van der Waals surface area contributed by atoms with Crippen molar-refractivity contribution >= 4 is 23.4 Å². The van der Waals surface area contributed by atoms with Crippen molar-refractivity contribution in [2.45, 2.75) is 0 Å². The monoisotopic (exact) mass is 344 g/mol. The van der Waals surface area contributed by atoms with Gasteiger partial charge in [-0.2, -0.15) is 0 Å². The number of non-ortho nitro benzene ring substituents is 1. The van der Waals surface area contributed by atoms with Crippen LogP contribution < -0.4 is 14.8 Å². The number of benzene rings is 2. The highest BCUT2D eigenvalue weighted by Gasteiger charge is 2.11. The van der Waals surface area contributed by atoms with E-state index in [1.165, 1.54) is 26.4 Å². The predicted octanol–water partition coefficient (Wildman–Crippen LogP) is 2.97. The molecule has 0 aliphatic carbocycles. The summed E-state index contributed by atoms with van der Waals surface area (Å²) in [4.78, 5) is 22.2. The Bertz CT molecular complexity index is 832. The maximum Gasteiger partial charge on any atom is 0.271 e. The molecular formula is C17H16N2O6. The van der Waals surface area contributed by atoms with E-state index in [9.17, 15) is 20.0 Å². The number of amides is 1. The highest BCUT2D eigenvalue weighted by Crippen LogP contribution is 2.28. The van der Waals surface area contributed by atoms with Gasteiger partial charge in [-0.3, -0.25) is 14.9 Å². The Morgan fingerprint density at radius 1 is 1.20 bits per heavy atom. The van der Waals surface area contributed by atoms with Crippen LogP contribution in [0.3, 0.4) is 0 Å². The summed E-state index contributed by atoms with van der Waals surface area (Å²) < 4.78 is 10.3. The summed E-state index contributed by atoms with van der Waals surface area (Å²) in [7, 11) is 3.02. The molecule has 8 heteroatoms. The number of nitrogens with zero attached hydrogens (tertiary/aromatic N) is 1. The normalized spacial score (nSPS) is 10.5. The molecule has 2 N–H and O–H groups in total. The van der Waals surface area contributed by atoms with Crippen molar-refractivity contribution in [3.8, 4) is 17.2 Å². The number of rotatable bonds is 6. The molecule has 2 aromatic carbocycles. The van der Waals surface area contributed by atoms with Crippen LogP contribution in [-0.2, 0) is 4.79 Å². The fraction of sp³-hybridized carbons (Fsp3) is 0.118. The molecule has 0 aliphatic heterocycles. The van der Waals surface area contributed by atoms with Crippen LogP contribution in [0, 0.1) is 10.1 Å². The van der Waals surface area contributed by atoms with Gasteiger partial charge >= 0.3 is 0 Å². The molecule has 25 heavy (non-hydrogen) atoms. The van der Waals surface area contributed by atoms with Crippen LogP contribution in [0.2, 0.25) is 0 Å². The lowest BCUT2D eigenvalue weighted by molar-refractivity contribution is -0.384. The van der Waals surface area contributed by atoms with Crippen molar-refractivity contribution in [1.29, 1.82) is 0 Å². The first-order valence-corrected chi connectivity index (χ1v) is 7.13. The number of methoxy groups -OCH3 is 2. The molecule has 0 saturated heterocycles. The molecule has 2 aromatic rings. The second-order valence-corrected chi connectivity index (χ2v) is 4.89. The molecule has 130 valence electrons. The Kier molecular flexibility index (Phi) is 5.57. The summed E-state index contributed by atoms with van der Waals surface area (Å²) >= 11 is 0. The lowest BCUT2D eigenvalue weighted by Crippen LogP contribution is -2.08. The molecule has 0 spiro atoms. The fourth-order valence-corrected chi connectivity index (χ4v) is 2.05. The van der Waals surface area contributed by atoms with E-state index >= 15 is 0 Å². The number of nitrogens with one attached hydrogen (secondary N) is 1. The minimum atomic E-state index is -0.619. The molecule has 0 radical (unpaired) electrons. The molecule has 0 fully saturated rings. The quantitative estimate of drug-likeness (QED) is 0.361. The van der Waals surface area contributed by atoms with Gasteiger partial charge in [0.05, 0.1) is 24.8 Å². The Hall–Kier alpha value is -3.55. The Morgan fingerprint density at radius 3 is 2.60 bits per heavy atom. The number of ether oxygens (including phenoxy) is 2. The van der Waals surface area contributed by atoms with Gasteiger partial charge in [-0.1, -0.05) is 0 Å². The first-order chi connectivity index (χ1) is 11.9. The molecule has 0 heterocycles. The topological polar surface area (TPSA) is 111 Å². The van der Waals surface area contributed by atoms with E-state index in [-0.39, 0.29) is 17.1 Å². The van der Waals surface area contributed by atoms with Crippen molar-refractivity contribution in [2.24, 2.45) is 0 Å². The number of nitro benzene ring substituents is 1. The first-order valence-electron chi connectivity index (χ1n) is 7.13. The molecule has 0 unspecified atom stereocenters. The van der Waals surface area contributed by atoms with E-state index in [1.54, 1.807) is 18.2 Å². The molecule has 0 atom stereocenters. The van der Waals surface area contributed by atoms with E-state index in [0.717, 1.165) is 18.2 Å². The third-order valence-corrected chi connectivity index (χ3v) is 3.30. The van der Waals surface area contributed by atoms with Crippen LogP contribution in [0.25, 0.3) is 6.08 Å². The number of phenols is 1. The zero-order valence-electron chi connectivity index (χ0n) is 13.6. The number of phenolic OH excluding ortho intramolecular Hbond substituents is 1. The number of carbonyl (C=O) groups excluding carboxylic acids is 1. The summed E-state index contributed by atoms with van der Waals surface area (Å²) in [5, 5.41) is 22.9. The molecule has 0 aliphatic rings. The van der Waals surface area contributed by atoms with Crippen LogP contribution in [0.5, 0.6) is 17.2 Å². The van der Waals surface area contributed by atoms with Crippen molar-refractivity contribution in [2.75, 3.05) is 19.5 Å². The smallest absolute Gasteiger partial charge is 0.271 e. The van der Waals surface area contributed by atoms with E-state index in [1.807, 2.05) is 0 Å². The number of aromatic hydroxyl groups is 1. The number of anilines is 1. The summed E-state index contributed by atoms with van der Waals surface area (Å²) in [6, 6.07) is 8.46. The minimum Gasteiger partial charge on any atom is -0.506 e. The van der Waals surface area contributed by atoms with Gasteiger partial charge in [0.2, 0.25) is 5.91 Å². The molecule has 1 amide bonds. The summed E-state index contributed by atoms with van der Waals surface area (Å²) in [6.45, 7) is 0. The fourth-order valence-electron chi connectivity index (χ4n) is 2.05. The summed E-state index contributed by atoms with van der Waals surface area (Å²) in [5.74, 6) is 0.298. The van der Waals surface area contributed by atoms with Crippen molar-refractivity contribution in [1.82, 2.24) is 0 Å². The second-order valence-electron chi connectivity index (χ2n) is 4.89. The molecule has 2 rings (SSSR count). The van der Waals surface area contributed by atoms with Crippen molar-refractivity contribution in [3.63, 3.8) is 0 Å². The summed E-state index contributed by atoms with van der Waals surface area (Å²) in [6.07, 6.45) is 2.72. The van der Waals surface area contributed by atoms with E-state index in [2.05, 4.69) is 5.32 Å². The van der Waals surface area contributed by atoms with Crippen LogP contribution in [0.15, 0.2) is 42.5 Å². The highest BCUT2D eigenvalue weighted by atomic mass is 16.6. The van der Waals surface area contributed by atoms with E-state index in [4.69, 9.17) is 9.47 Å². The maximum absolute atomic E-state index is 12.0. The third-order valence-electron chi connectivity index (χ3n) is 3.30. The Morgan fingerprint density at radius 2 is 1.96 bits per heavy atom. The first kappa shape index (κ1) is 17.8. The van der Waals surface area contributed by atoms with Crippen molar-refractivity contribution in [3.05, 3.63) is 58.2 Å². The lowest BCUT2D eigenvalue weighted by atomic mass is 10.1. The molecular weight excluding hydrogens is 328 g/mol. The van der Waals surface area contributed by atoms with Crippen LogP contribution in [0.1, 0.15) is 5.56 Å². The average molecular weight is 344 g/mol. The van der Waals surface area contributed by atoms with Crippen molar-refractivity contribution < 1.29 is 24.3 Å². The van der Waals surface area contributed by atoms with Gasteiger partial charge in [-0.15, -0.1) is 0 Å². The van der Waals surface area contributed by atoms with Gasteiger partial charge in [0.25, 0.3) is 5.69 Å². The van der Waals surface area contributed by atoms with Gasteiger partial charge in [0, 0.05) is 23.8 Å². The predicted molar refractivity (Wildman–Crippen MR) is 92.0 cm³/mol. The zero-order valence-corrected chi connectivity index (χ0v) is 13.6. The van der Waals surface area contributed by atoms with Gasteiger partial charge in [0.1, 0.15) is 17.2 Å². The van der Waals surface area contributed by atoms with Gasteiger partial charge in [-0.05, 0) is 30.3 Å². The van der Waals surface area contributed by atoms with Crippen LogP contribution >= 0.6 is 0 Å². The lowest BCUT2D eigenvalue weighted by Gasteiger charge is -2.07. The maximum atomic E-state index is 12.0. The van der Waals surface area contributed by atoms with Gasteiger partial charge in [-0.25, -0.2) is 0 Å². The van der Waals surface area contributed by atoms with E-state index in [0.29, 0.717) is 17.1 Å². The zero-order chi connectivity index (χ0) is 18.4. The molecule has 0 bridgehead atoms. The SMILES string of the molecule is COc1ccc(OC)c(/C=C/C(=O)Nc2cc([N+](=O)[O-])ccc2O)c1. The average Bonchev–Trinajstić information content (AvgIpc) is 2.61. The number of hydrogen-bond donors (Lipinski definition) is 2. The molecule has 8 nitrogen and oxygen atoms in total. The third kappa shape index (κ3) is 4.47. The molecule has 0 saturated carbocycles. The summed E-state index contributed by atoms with van der Waals surface area (Å²) in [5.41, 5.74) is 0.313. The highest BCUT2D eigenvalue weighted by molar-refractivity contribution is 6.03. The standard InChI is InChI=1S/C17H16N2O6/c1-24-13-5-7-16(25-2)11(9-13)3-8-17(21)18-14-10-12(19(22)23)4-6-15(14)20/h3-10,20H,1-2H3,(H,18,21)/b8-3+. The van der Waals surface area contributed by atoms with Crippen LogP contribution in [-0.4, -0.2) is 30.2 Å². The van der Waals surface area contributed by atoms with Gasteiger partial charge < -0.3 is 19.9 Å². The largest absolute Gasteiger partial charge is 0.506 e.